The predicted molar refractivity (Wildman–Crippen MR) is 109 cm³/mol. The maximum absolute atomic E-state index is 11.7. The molecule has 0 unspecified atom stereocenters. The van der Waals surface area contributed by atoms with Crippen LogP contribution in [0.5, 0.6) is 11.5 Å². The lowest BCUT2D eigenvalue weighted by Gasteiger charge is -2.14. The fourth-order valence-electron chi connectivity index (χ4n) is 2.30. The van der Waals surface area contributed by atoms with Gasteiger partial charge in [0.1, 0.15) is 0 Å². The molecule has 2 rings (SSSR count). The molecule has 1 amide bonds. The molecule has 140 valence electrons. The van der Waals surface area contributed by atoms with Crippen LogP contribution in [0.4, 0.5) is 11.4 Å². The van der Waals surface area contributed by atoms with E-state index in [0.29, 0.717) is 18.9 Å². The minimum absolute atomic E-state index is 0.0103. The molecule has 0 heterocycles. The van der Waals surface area contributed by atoms with Crippen LogP contribution in [0.3, 0.4) is 0 Å². The first kappa shape index (κ1) is 20.1. The highest BCUT2D eigenvalue weighted by atomic mass is 79.9. The van der Waals surface area contributed by atoms with Crippen LogP contribution in [-0.4, -0.2) is 19.6 Å². The molecule has 0 bridgehead atoms. The summed E-state index contributed by atoms with van der Waals surface area (Å²) in [5, 5.41) is 6.25. The van der Waals surface area contributed by atoms with Crippen molar-refractivity contribution in [1.29, 1.82) is 0 Å². The molecule has 0 saturated heterocycles. The van der Waals surface area contributed by atoms with Crippen molar-refractivity contribution in [3.05, 3.63) is 46.4 Å². The van der Waals surface area contributed by atoms with E-state index in [1.807, 2.05) is 57.2 Å². The van der Waals surface area contributed by atoms with Crippen molar-refractivity contribution in [2.75, 3.05) is 24.4 Å². The van der Waals surface area contributed by atoms with Gasteiger partial charge in [0.25, 0.3) is 0 Å². The molecule has 2 N–H and O–H groups in total. The molecule has 0 saturated carbocycles. The van der Waals surface area contributed by atoms with Crippen molar-refractivity contribution in [2.45, 2.75) is 27.3 Å². The summed E-state index contributed by atoms with van der Waals surface area (Å²) in [6.07, 6.45) is 0. The van der Waals surface area contributed by atoms with Crippen LogP contribution in [-0.2, 0) is 11.3 Å². The number of benzene rings is 2. The minimum atomic E-state index is -0.0419. The second-order valence-electron chi connectivity index (χ2n) is 6.10. The Labute approximate surface area is 163 Å². The lowest BCUT2D eigenvalue weighted by atomic mass is 10.2. The van der Waals surface area contributed by atoms with Gasteiger partial charge in [-0.25, -0.2) is 0 Å². The first-order chi connectivity index (χ1) is 12.4. The number of nitrogens with one attached hydrogen (secondary N) is 2. The van der Waals surface area contributed by atoms with Gasteiger partial charge >= 0.3 is 0 Å². The molecule has 0 aromatic heterocycles. The lowest BCUT2D eigenvalue weighted by Crippen LogP contribution is -2.17. The number of methoxy groups -OCH3 is 1. The smallest absolute Gasteiger partial charge is 0.226 e. The van der Waals surface area contributed by atoms with Gasteiger partial charge in [0.15, 0.2) is 11.5 Å². The Morgan fingerprint density at radius 3 is 2.35 bits per heavy atom. The highest BCUT2D eigenvalue weighted by Crippen LogP contribution is 2.34. The largest absolute Gasteiger partial charge is 0.493 e. The molecular weight excluding hydrogens is 396 g/mol. The maximum atomic E-state index is 11.7. The van der Waals surface area contributed by atoms with Crippen molar-refractivity contribution in [1.82, 2.24) is 0 Å². The van der Waals surface area contributed by atoms with E-state index in [1.54, 1.807) is 7.11 Å². The molecular formula is C20H25BrN2O3. The minimum Gasteiger partial charge on any atom is -0.493 e. The molecule has 2 aromatic carbocycles. The third-order valence-electron chi connectivity index (χ3n) is 3.79. The number of amides is 1. The predicted octanol–water partition coefficient (Wildman–Crippen LogP) is 5.06. The molecule has 26 heavy (non-hydrogen) atoms. The quantitative estimate of drug-likeness (QED) is 0.626. The lowest BCUT2D eigenvalue weighted by molar-refractivity contribution is -0.118. The third kappa shape index (κ3) is 5.39. The zero-order valence-electron chi connectivity index (χ0n) is 15.6. The second kappa shape index (κ2) is 9.48. The molecule has 0 aliphatic rings. The molecule has 2 aromatic rings. The van der Waals surface area contributed by atoms with Gasteiger partial charge in [0.05, 0.1) is 13.7 Å². The molecule has 0 radical (unpaired) electrons. The number of rotatable bonds is 8. The van der Waals surface area contributed by atoms with Gasteiger partial charge in [-0.1, -0.05) is 29.8 Å². The third-order valence-corrected chi connectivity index (χ3v) is 4.53. The van der Waals surface area contributed by atoms with Crippen LogP contribution in [0.15, 0.2) is 40.9 Å². The van der Waals surface area contributed by atoms with Gasteiger partial charge in [-0.3, -0.25) is 4.79 Å². The van der Waals surface area contributed by atoms with Crippen LogP contribution >= 0.6 is 15.9 Å². The Kier molecular flexibility index (Phi) is 7.33. The van der Waals surface area contributed by atoms with Crippen molar-refractivity contribution in [3.63, 3.8) is 0 Å². The number of halogens is 1. The normalized spacial score (nSPS) is 10.5. The molecule has 0 fully saturated rings. The highest BCUT2D eigenvalue weighted by molar-refractivity contribution is 9.10. The molecule has 0 aliphatic carbocycles. The number of anilines is 2. The summed E-state index contributed by atoms with van der Waals surface area (Å²) >= 11 is 3.58. The van der Waals surface area contributed by atoms with E-state index in [-0.39, 0.29) is 11.8 Å². The summed E-state index contributed by atoms with van der Waals surface area (Å²) in [6, 6.07) is 11.5. The van der Waals surface area contributed by atoms with Gasteiger partial charge in [0.2, 0.25) is 5.91 Å². The highest BCUT2D eigenvalue weighted by Gasteiger charge is 2.10. The van der Waals surface area contributed by atoms with Crippen molar-refractivity contribution in [3.8, 4) is 11.5 Å². The van der Waals surface area contributed by atoms with Crippen molar-refractivity contribution in [2.24, 2.45) is 5.92 Å². The van der Waals surface area contributed by atoms with Gasteiger partial charge in [-0.05, 0) is 48.9 Å². The fourth-order valence-corrected chi connectivity index (χ4v) is 2.76. The van der Waals surface area contributed by atoms with Gasteiger partial charge in [0, 0.05) is 28.3 Å². The SMILES string of the molecule is CCOc1cc(Br)c(CNc2ccc(NC(=O)C(C)C)cc2)cc1OC. The number of ether oxygens (including phenoxy) is 2. The van der Waals surface area contributed by atoms with Gasteiger partial charge < -0.3 is 20.1 Å². The molecule has 0 spiro atoms. The number of carbonyl (C=O) groups is 1. The zero-order chi connectivity index (χ0) is 19.1. The van der Waals surface area contributed by atoms with Crippen LogP contribution in [0, 0.1) is 5.92 Å². The van der Waals surface area contributed by atoms with Crippen LogP contribution < -0.4 is 20.1 Å². The first-order valence-corrected chi connectivity index (χ1v) is 9.37. The maximum Gasteiger partial charge on any atom is 0.226 e. The first-order valence-electron chi connectivity index (χ1n) is 8.58. The number of carbonyl (C=O) groups excluding carboxylic acids is 1. The Bertz CT molecular complexity index is 745. The average molecular weight is 421 g/mol. The fraction of sp³-hybridized carbons (Fsp3) is 0.350. The number of hydrogen-bond donors (Lipinski definition) is 2. The van der Waals surface area contributed by atoms with Crippen molar-refractivity contribution < 1.29 is 14.3 Å². The van der Waals surface area contributed by atoms with E-state index in [1.165, 1.54) is 0 Å². The summed E-state index contributed by atoms with van der Waals surface area (Å²) in [7, 11) is 1.63. The molecule has 0 aliphatic heterocycles. The molecule has 5 nitrogen and oxygen atoms in total. The van der Waals surface area contributed by atoms with E-state index in [9.17, 15) is 4.79 Å². The van der Waals surface area contributed by atoms with E-state index < -0.39 is 0 Å². The molecule has 6 heteroatoms. The van der Waals surface area contributed by atoms with Crippen LogP contribution in [0.1, 0.15) is 26.3 Å². The van der Waals surface area contributed by atoms with E-state index in [4.69, 9.17) is 9.47 Å². The monoisotopic (exact) mass is 420 g/mol. The molecule has 0 atom stereocenters. The second-order valence-corrected chi connectivity index (χ2v) is 6.96. The summed E-state index contributed by atoms with van der Waals surface area (Å²) < 4.78 is 11.9. The van der Waals surface area contributed by atoms with Crippen LogP contribution in [0.2, 0.25) is 0 Å². The zero-order valence-corrected chi connectivity index (χ0v) is 17.1. The summed E-state index contributed by atoms with van der Waals surface area (Å²) in [5.41, 5.74) is 2.81. The Balaban J connectivity index is 2.03. The van der Waals surface area contributed by atoms with E-state index in [2.05, 4.69) is 26.6 Å². The van der Waals surface area contributed by atoms with Crippen molar-refractivity contribution >= 4 is 33.2 Å². The summed E-state index contributed by atoms with van der Waals surface area (Å²) in [5.74, 6) is 1.39. The Morgan fingerprint density at radius 2 is 1.77 bits per heavy atom. The standard InChI is InChI=1S/C20H25BrN2O3/c1-5-26-19-11-17(21)14(10-18(19)25-4)12-22-15-6-8-16(9-7-15)23-20(24)13(2)3/h6-11,13,22H,5,12H2,1-4H3,(H,23,24). The Hall–Kier alpha value is -2.21. The van der Waals surface area contributed by atoms with Gasteiger partial charge in [-0.15, -0.1) is 0 Å². The number of hydrogen-bond acceptors (Lipinski definition) is 4. The van der Waals surface area contributed by atoms with Gasteiger partial charge in [-0.2, -0.15) is 0 Å². The van der Waals surface area contributed by atoms with E-state index in [0.717, 1.165) is 27.2 Å². The topological polar surface area (TPSA) is 59.6 Å². The summed E-state index contributed by atoms with van der Waals surface area (Å²) in [6.45, 7) is 6.89. The average Bonchev–Trinajstić information content (AvgIpc) is 2.62. The van der Waals surface area contributed by atoms with Crippen LogP contribution in [0.25, 0.3) is 0 Å². The van der Waals surface area contributed by atoms with E-state index >= 15 is 0 Å². The summed E-state index contributed by atoms with van der Waals surface area (Å²) in [4.78, 5) is 11.7. The Morgan fingerprint density at radius 1 is 1.12 bits per heavy atom.